The van der Waals surface area contributed by atoms with E-state index in [1.807, 2.05) is 72.2 Å². The van der Waals surface area contributed by atoms with E-state index in [2.05, 4.69) is 46.3 Å². The molecule has 1 aromatic heterocycles. The number of ether oxygens (including phenoxy) is 1. The molecule has 1 aliphatic heterocycles. The van der Waals surface area contributed by atoms with Crippen molar-refractivity contribution in [3.63, 3.8) is 0 Å². The molecule has 0 saturated heterocycles. The number of fused-ring (bicyclic) bond motifs is 4. The van der Waals surface area contributed by atoms with Crippen molar-refractivity contribution in [1.29, 1.82) is 0 Å². The van der Waals surface area contributed by atoms with Gasteiger partial charge in [0.15, 0.2) is 5.82 Å². The molecule has 0 bridgehead atoms. The molecule has 5 nitrogen and oxygen atoms in total. The highest BCUT2D eigenvalue weighted by atomic mass is 35.5. The van der Waals surface area contributed by atoms with Gasteiger partial charge in [0.25, 0.3) is 0 Å². The zero-order chi connectivity index (χ0) is 24.5. The van der Waals surface area contributed by atoms with Crippen molar-refractivity contribution in [3.05, 3.63) is 118 Å². The summed E-state index contributed by atoms with van der Waals surface area (Å²) < 4.78 is 8.04. The minimum Gasteiger partial charge on any atom is -0.480 e. The summed E-state index contributed by atoms with van der Waals surface area (Å²) in [6.45, 7) is 2.64. The Hall–Kier alpha value is -4.40. The number of hydrogen-bond donors (Lipinski definition) is 0. The Balaban J connectivity index is 1.35. The average molecular weight is 489 g/mol. The summed E-state index contributed by atoms with van der Waals surface area (Å²) in [6, 6.07) is 28.1. The predicted molar refractivity (Wildman–Crippen MR) is 143 cm³/mol. The number of aliphatic imine (C=N–C) groups is 1. The molecule has 2 heterocycles. The van der Waals surface area contributed by atoms with Crippen LogP contribution in [0.15, 0.2) is 89.9 Å². The van der Waals surface area contributed by atoms with Crippen LogP contribution in [0.2, 0.25) is 5.02 Å². The van der Waals surface area contributed by atoms with E-state index in [9.17, 15) is 0 Å². The Labute approximate surface area is 214 Å². The molecular weight excluding hydrogens is 468 g/mol. The molecule has 4 aromatic carbocycles. The molecule has 0 N–H and O–H groups in total. The summed E-state index contributed by atoms with van der Waals surface area (Å²) in [4.78, 5) is 4.89. The van der Waals surface area contributed by atoms with Crippen LogP contribution in [0.1, 0.15) is 28.3 Å². The van der Waals surface area contributed by atoms with Gasteiger partial charge in [0.05, 0.1) is 11.4 Å². The average Bonchev–Trinajstić information content (AvgIpc) is 3.19. The zero-order valence-electron chi connectivity index (χ0n) is 19.6. The highest BCUT2D eigenvalue weighted by Crippen LogP contribution is 2.29. The Kier molecular flexibility index (Phi) is 5.73. The third kappa shape index (κ3) is 4.02. The van der Waals surface area contributed by atoms with Gasteiger partial charge in [0.2, 0.25) is 0 Å². The van der Waals surface area contributed by atoms with Crippen molar-refractivity contribution in [1.82, 2.24) is 14.8 Å². The maximum absolute atomic E-state index is 6.58. The molecule has 6 rings (SSSR count). The van der Waals surface area contributed by atoms with Gasteiger partial charge < -0.3 is 4.74 Å². The zero-order valence-corrected chi connectivity index (χ0v) is 20.3. The van der Waals surface area contributed by atoms with E-state index in [-0.39, 0.29) is 6.61 Å². The van der Waals surface area contributed by atoms with Gasteiger partial charge in [-0.05, 0) is 42.6 Å². The van der Waals surface area contributed by atoms with Crippen LogP contribution in [0, 0.1) is 18.8 Å². The van der Waals surface area contributed by atoms with Gasteiger partial charge in [-0.2, -0.15) is 0 Å². The number of nitrogens with zero attached hydrogens (tertiary/aromatic N) is 4. The molecular formula is C30H21ClN4O. The Bertz CT molecular complexity index is 1700. The molecule has 0 fully saturated rings. The van der Waals surface area contributed by atoms with Gasteiger partial charge in [0, 0.05) is 27.1 Å². The Morgan fingerprint density at radius 1 is 0.917 bits per heavy atom. The molecule has 0 amide bonds. The molecule has 0 saturated carbocycles. The fraction of sp³-hybridized carbons (Fsp3) is 0.100. The largest absolute Gasteiger partial charge is 0.480 e. The van der Waals surface area contributed by atoms with Crippen LogP contribution in [-0.2, 0) is 6.54 Å². The van der Waals surface area contributed by atoms with Crippen LogP contribution in [0.3, 0.4) is 0 Å². The van der Waals surface area contributed by atoms with Crippen LogP contribution < -0.4 is 4.74 Å². The van der Waals surface area contributed by atoms with Crippen molar-refractivity contribution in [2.45, 2.75) is 13.5 Å². The van der Waals surface area contributed by atoms with Crippen LogP contribution in [0.4, 0.5) is 0 Å². The summed E-state index contributed by atoms with van der Waals surface area (Å²) in [5.74, 6) is 8.83. The van der Waals surface area contributed by atoms with Gasteiger partial charge in [-0.3, -0.25) is 9.56 Å². The van der Waals surface area contributed by atoms with Gasteiger partial charge in [-0.1, -0.05) is 78.0 Å². The Morgan fingerprint density at radius 3 is 2.67 bits per heavy atom. The van der Waals surface area contributed by atoms with Gasteiger partial charge in [0.1, 0.15) is 24.7 Å². The second-order valence-corrected chi connectivity index (χ2v) is 8.85. The van der Waals surface area contributed by atoms with Crippen LogP contribution in [0.5, 0.6) is 5.75 Å². The lowest BCUT2D eigenvalue weighted by molar-refractivity contribution is 0.375. The molecule has 36 heavy (non-hydrogen) atoms. The summed E-state index contributed by atoms with van der Waals surface area (Å²) in [6.07, 6.45) is 0. The van der Waals surface area contributed by atoms with Gasteiger partial charge >= 0.3 is 0 Å². The molecule has 0 unspecified atom stereocenters. The first-order chi connectivity index (χ1) is 17.7. The summed E-state index contributed by atoms with van der Waals surface area (Å²) in [5.41, 5.74) is 4.45. The molecule has 6 heteroatoms. The van der Waals surface area contributed by atoms with Gasteiger partial charge in [-0.15, -0.1) is 10.2 Å². The monoisotopic (exact) mass is 488 g/mol. The van der Waals surface area contributed by atoms with Crippen molar-refractivity contribution in [3.8, 4) is 23.3 Å². The molecule has 0 radical (unpaired) electrons. The first-order valence-electron chi connectivity index (χ1n) is 11.6. The summed E-state index contributed by atoms with van der Waals surface area (Å²) in [5, 5.41) is 11.5. The van der Waals surface area contributed by atoms with Crippen molar-refractivity contribution >= 4 is 28.1 Å². The normalized spacial score (nSPS) is 12.1. The lowest BCUT2D eigenvalue weighted by Crippen LogP contribution is -2.09. The molecule has 1 aliphatic rings. The molecule has 5 aromatic rings. The maximum atomic E-state index is 6.58. The fourth-order valence-electron chi connectivity index (χ4n) is 4.51. The number of halogens is 1. The molecule has 0 aliphatic carbocycles. The maximum Gasteiger partial charge on any atom is 0.159 e. The van der Waals surface area contributed by atoms with E-state index in [1.165, 1.54) is 0 Å². The van der Waals surface area contributed by atoms with E-state index < -0.39 is 0 Å². The van der Waals surface area contributed by atoms with Crippen LogP contribution in [-0.4, -0.2) is 27.1 Å². The van der Waals surface area contributed by atoms with E-state index in [4.69, 9.17) is 21.3 Å². The highest BCUT2D eigenvalue weighted by Gasteiger charge is 2.22. The third-order valence-corrected chi connectivity index (χ3v) is 6.50. The van der Waals surface area contributed by atoms with Crippen molar-refractivity contribution < 1.29 is 4.74 Å². The fourth-order valence-corrected chi connectivity index (χ4v) is 4.74. The van der Waals surface area contributed by atoms with Crippen molar-refractivity contribution in [2.75, 3.05) is 6.61 Å². The third-order valence-electron chi connectivity index (χ3n) is 6.17. The SMILES string of the molecule is Cc1nnc2n1-c1ccc(C#CCOc3cccc4ccccc34)cc1C(c1ccccc1Cl)=NC2. The number of hydrogen-bond acceptors (Lipinski definition) is 4. The number of aryl methyl sites for hydroxylation is 1. The quantitative estimate of drug-likeness (QED) is 0.286. The second kappa shape index (κ2) is 9.33. The van der Waals surface area contributed by atoms with Crippen LogP contribution in [0.25, 0.3) is 16.5 Å². The van der Waals surface area contributed by atoms with Gasteiger partial charge in [-0.25, -0.2) is 0 Å². The highest BCUT2D eigenvalue weighted by molar-refractivity contribution is 6.35. The topological polar surface area (TPSA) is 52.3 Å². The van der Waals surface area contributed by atoms with E-state index >= 15 is 0 Å². The first kappa shape index (κ1) is 22.1. The first-order valence-corrected chi connectivity index (χ1v) is 12.0. The predicted octanol–water partition coefficient (Wildman–Crippen LogP) is 6.16. The smallest absolute Gasteiger partial charge is 0.159 e. The van der Waals surface area contributed by atoms with Crippen molar-refractivity contribution in [2.24, 2.45) is 4.99 Å². The standard InChI is InChI=1S/C30H21ClN4O/c1-20-33-34-29-19-32-30(24-12-4-5-13-26(24)31)25-18-21(15-16-27(25)35(20)29)8-7-17-36-28-14-6-10-22-9-2-3-11-23(22)28/h2-6,9-16,18H,17,19H2,1H3. The Morgan fingerprint density at radius 2 is 1.75 bits per heavy atom. The van der Waals surface area contributed by atoms with E-state index in [0.717, 1.165) is 56.3 Å². The molecule has 0 atom stereocenters. The number of aromatic nitrogens is 3. The number of rotatable bonds is 3. The summed E-state index contributed by atoms with van der Waals surface area (Å²) in [7, 11) is 0. The lowest BCUT2D eigenvalue weighted by atomic mass is 9.98. The summed E-state index contributed by atoms with van der Waals surface area (Å²) >= 11 is 6.58. The molecule has 0 spiro atoms. The number of benzene rings is 4. The van der Waals surface area contributed by atoms with Crippen LogP contribution >= 0.6 is 11.6 Å². The molecule has 174 valence electrons. The minimum atomic E-state index is 0.283. The minimum absolute atomic E-state index is 0.283. The van der Waals surface area contributed by atoms with E-state index in [0.29, 0.717) is 11.6 Å². The lowest BCUT2D eigenvalue weighted by Gasteiger charge is -2.14. The second-order valence-electron chi connectivity index (χ2n) is 8.44. The van der Waals surface area contributed by atoms with E-state index in [1.54, 1.807) is 0 Å².